The largest absolute Gasteiger partial charge is 0.495 e. The van der Waals surface area contributed by atoms with Gasteiger partial charge in [-0.05, 0) is 31.0 Å². The summed E-state index contributed by atoms with van der Waals surface area (Å²) in [5.74, 6) is 0.781. The fourth-order valence-corrected chi connectivity index (χ4v) is 2.43. The maximum absolute atomic E-state index is 12.4. The monoisotopic (exact) mass is 362 g/mol. The number of hydrogen-bond donors (Lipinski definition) is 1. The zero-order valence-electron chi connectivity index (χ0n) is 15.0. The van der Waals surface area contributed by atoms with E-state index in [1.54, 1.807) is 37.4 Å². The van der Waals surface area contributed by atoms with E-state index >= 15 is 0 Å². The Morgan fingerprint density at radius 2 is 2.16 bits per heavy atom. The minimum Gasteiger partial charge on any atom is -0.495 e. The van der Waals surface area contributed by atoms with Crippen LogP contribution in [-0.2, 0) is 0 Å². The molecule has 6 nitrogen and oxygen atoms in total. The number of unbranched alkanes of at least 4 members (excludes halogenated alkanes) is 1. The standard InChI is InChI=1S/C18H23ClN4O2/c1-5-6-9-23(3)17(24)14-7-8-20-18(21-14)22-15-10-12(2)13(19)11-16(15)25-4/h7-8,10-11H,5-6,9H2,1-4H3,(H,20,21,22). The lowest BCUT2D eigenvalue weighted by Crippen LogP contribution is -2.28. The van der Waals surface area contributed by atoms with Gasteiger partial charge in [0.1, 0.15) is 11.4 Å². The number of amides is 1. The molecule has 0 saturated heterocycles. The van der Waals surface area contributed by atoms with E-state index in [1.807, 2.05) is 13.0 Å². The summed E-state index contributed by atoms with van der Waals surface area (Å²) >= 11 is 6.12. The van der Waals surface area contributed by atoms with Crippen LogP contribution in [0.5, 0.6) is 5.75 Å². The molecule has 7 heteroatoms. The molecule has 0 spiro atoms. The average Bonchev–Trinajstić information content (AvgIpc) is 2.62. The molecule has 2 rings (SSSR count). The lowest BCUT2D eigenvalue weighted by atomic mass is 10.2. The first kappa shape index (κ1) is 19.0. The fraction of sp³-hybridized carbons (Fsp3) is 0.389. The Kier molecular flexibility index (Phi) is 6.58. The van der Waals surface area contributed by atoms with Gasteiger partial charge in [0.15, 0.2) is 0 Å². The van der Waals surface area contributed by atoms with E-state index < -0.39 is 0 Å². The zero-order valence-corrected chi connectivity index (χ0v) is 15.7. The van der Waals surface area contributed by atoms with Crippen LogP contribution in [0.15, 0.2) is 24.4 Å². The van der Waals surface area contributed by atoms with Crippen molar-refractivity contribution in [1.29, 1.82) is 0 Å². The van der Waals surface area contributed by atoms with Crippen LogP contribution in [0.4, 0.5) is 11.6 Å². The van der Waals surface area contributed by atoms with Gasteiger partial charge in [-0.15, -0.1) is 0 Å². The number of nitrogens with one attached hydrogen (secondary N) is 1. The number of halogens is 1. The van der Waals surface area contributed by atoms with Gasteiger partial charge in [-0.25, -0.2) is 9.97 Å². The second-order valence-corrected chi connectivity index (χ2v) is 6.18. The van der Waals surface area contributed by atoms with Gasteiger partial charge in [0.05, 0.1) is 12.8 Å². The van der Waals surface area contributed by atoms with Gasteiger partial charge in [0.25, 0.3) is 5.91 Å². The Balaban J connectivity index is 2.22. The second-order valence-electron chi connectivity index (χ2n) is 5.77. The van der Waals surface area contributed by atoms with Gasteiger partial charge < -0.3 is 15.0 Å². The highest BCUT2D eigenvalue weighted by Crippen LogP contribution is 2.32. The number of nitrogens with zero attached hydrogens (tertiary/aromatic N) is 3. The van der Waals surface area contributed by atoms with E-state index in [0.717, 1.165) is 18.4 Å². The Hall–Kier alpha value is -2.34. The van der Waals surface area contributed by atoms with E-state index in [-0.39, 0.29) is 5.91 Å². The number of ether oxygens (including phenoxy) is 1. The van der Waals surface area contributed by atoms with Crippen molar-refractivity contribution in [1.82, 2.24) is 14.9 Å². The number of anilines is 2. The fourth-order valence-electron chi connectivity index (χ4n) is 2.28. The van der Waals surface area contributed by atoms with Crippen molar-refractivity contribution in [3.05, 3.63) is 40.7 Å². The number of hydrogen-bond acceptors (Lipinski definition) is 5. The number of rotatable bonds is 7. The molecule has 0 aliphatic carbocycles. The molecule has 2 aromatic rings. The number of benzene rings is 1. The normalized spacial score (nSPS) is 10.4. The Bertz CT molecular complexity index is 752. The van der Waals surface area contributed by atoms with Crippen molar-refractivity contribution in [3.63, 3.8) is 0 Å². The molecule has 0 radical (unpaired) electrons. The predicted molar refractivity (Wildman–Crippen MR) is 99.9 cm³/mol. The number of methoxy groups -OCH3 is 1. The van der Waals surface area contributed by atoms with Gasteiger partial charge in [0, 0.05) is 30.9 Å². The summed E-state index contributed by atoms with van der Waals surface area (Å²) in [6.45, 7) is 4.69. The summed E-state index contributed by atoms with van der Waals surface area (Å²) in [6.07, 6.45) is 3.55. The molecule has 1 aromatic heterocycles. The first-order valence-electron chi connectivity index (χ1n) is 8.16. The topological polar surface area (TPSA) is 67.4 Å². The first-order chi connectivity index (χ1) is 12.0. The van der Waals surface area contributed by atoms with Crippen LogP contribution in [0.2, 0.25) is 5.02 Å². The lowest BCUT2D eigenvalue weighted by molar-refractivity contribution is 0.0787. The van der Waals surface area contributed by atoms with Gasteiger partial charge >= 0.3 is 0 Å². The van der Waals surface area contributed by atoms with Gasteiger partial charge in [-0.3, -0.25) is 4.79 Å². The molecule has 25 heavy (non-hydrogen) atoms. The highest BCUT2D eigenvalue weighted by Gasteiger charge is 2.15. The highest BCUT2D eigenvalue weighted by molar-refractivity contribution is 6.31. The Morgan fingerprint density at radius 3 is 2.84 bits per heavy atom. The van der Waals surface area contributed by atoms with E-state index in [2.05, 4.69) is 22.2 Å². The third-order valence-corrected chi connectivity index (χ3v) is 4.20. The molecule has 0 aliphatic rings. The number of carbonyl (C=O) groups is 1. The SMILES string of the molecule is CCCCN(C)C(=O)c1ccnc(Nc2cc(C)c(Cl)cc2OC)n1. The molecule has 1 amide bonds. The van der Waals surface area contributed by atoms with Crippen molar-refractivity contribution < 1.29 is 9.53 Å². The summed E-state index contributed by atoms with van der Waals surface area (Å²) < 4.78 is 5.34. The van der Waals surface area contributed by atoms with Gasteiger partial charge in [0.2, 0.25) is 5.95 Å². The maximum atomic E-state index is 12.4. The molecular formula is C18H23ClN4O2. The Morgan fingerprint density at radius 1 is 1.40 bits per heavy atom. The highest BCUT2D eigenvalue weighted by atomic mass is 35.5. The third-order valence-electron chi connectivity index (χ3n) is 3.80. The third kappa shape index (κ3) is 4.82. The first-order valence-corrected chi connectivity index (χ1v) is 8.53. The van der Waals surface area contributed by atoms with Gasteiger partial charge in [-0.1, -0.05) is 24.9 Å². The van der Waals surface area contributed by atoms with Crippen molar-refractivity contribution in [2.45, 2.75) is 26.7 Å². The molecule has 1 N–H and O–H groups in total. The number of carbonyl (C=O) groups excluding carboxylic acids is 1. The summed E-state index contributed by atoms with van der Waals surface area (Å²) in [4.78, 5) is 22.6. The summed E-state index contributed by atoms with van der Waals surface area (Å²) in [5.41, 5.74) is 1.94. The van der Waals surface area contributed by atoms with Crippen LogP contribution >= 0.6 is 11.6 Å². The van der Waals surface area contributed by atoms with E-state index in [0.29, 0.717) is 34.6 Å². The van der Waals surface area contributed by atoms with Crippen molar-refractivity contribution in [2.75, 3.05) is 26.0 Å². The molecule has 1 heterocycles. The van der Waals surface area contributed by atoms with E-state index in [4.69, 9.17) is 16.3 Å². The molecule has 0 unspecified atom stereocenters. The van der Waals surface area contributed by atoms with Crippen molar-refractivity contribution >= 4 is 29.1 Å². The summed E-state index contributed by atoms with van der Waals surface area (Å²) in [6, 6.07) is 5.19. The summed E-state index contributed by atoms with van der Waals surface area (Å²) in [5, 5.41) is 3.71. The van der Waals surface area contributed by atoms with E-state index in [9.17, 15) is 4.79 Å². The number of aryl methyl sites for hydroxylation is 1. The molecule has 0 atom stereocenters. The van der Waals surface area contributed by atoms with Crippen molar-refractivity contribution in [3.8, 4) is 5.75 Å². The van der Waals surface area contributed by atoms with Crippen LogP contribution in [0, 0.1) is 6.92 Å². The molecule has 0 fully saturated rings. The zero-order chi connectivity index (χ0) is 18.4. The van der Waals surface area contributed by atoms with Crippen LogP contribution in [0.1, 0.15) is 35.8 Å². The lowest BCUT2D eigenvalue weighted by Gasteiger charge is -2.16. The smallest absolute Gasteiger partial charge is 0.272 e. The summed E-state index contributed by atoms with van der Waals surface area (Å²) in [7, 11) is 3.34. The molecule has 0 saturated carbocycles. The second kappa shape index (κ2) is 8.67. The molecule has 1 aromatic carbocycles. The molecular weight excluding hydrogens is 340 g/mol. The quantitative estimate of drug-likeness (QED) is 0.804. The van der Waals surface area contributed by atoms with E-state index in [1.165, 1.54) is 0 Å². The van der Waals surface area contributed by atoms with Crippen LogP contribution in [0.3, 0.4) is 0 Å². The van der Waals surface area contributed by atoms with Crippen molar-refractivity contribution in [2.24, 2.45) is 0 Å². The Labute approximate surface area is 153 Å². The molecule has 0 bridgehead atoms. The van der Waals surface area contributed by atoms with Crippen LogP contribution < -0.4 is 10.1 Å². The predicted octanol–water partition coefficient (Wildman–Crippen LogP) is 4.06. The number of aromatic nitrogens is 2. The van der Waals surface area contributed by atoms with Crippen LogP contribution in [-0.4, -0.2) is 41.5 Å². The maximum Gasteiger partial charge on any atom is 0.272 e. The van der Waals surface area contributed by atoms with Crippen LogP contribution in [0.25, 0.3) is 0 Å². The molecule has 0 aliphatic heterocycles. The average molecular weight is 363 g/mol. The minimum atomic E-state index is -0.127. The molecule has 134 valence electrons. The minimum absolute atomic E-state index is 0.127. The van der Waals surface area contributed by atoms with Gasteiger partial charge in [-0.2, -0.15) is 0 Å².